The minimum absolute atomic E-state index is 0.0178. The van der Waals surface area contributed by atoms with Crippen molar-refractivity contribution in [2.24, 2.45) is 0 Å². The molecule has 0 atom stereocenters. The number of Topliss-reactive ketones (excluding diaryl/α,β-unsaturated/α-hetero) is 2. The zero-order valence-corrected chi connectivity index (χ0v) is 8.70. The molecule has 1 heterocycles. The van der Waals surface area contributed by atoms with Gasteiger partial charge in [-0.1, -0.05) is 0 Å². The van der Waals surface area contributed by atoms with Crippen molar-refractivity contribution in [3.8, 4) is 0 Å². The standard InChI is InChI=1S/C11H14NO2/c1-4-12-6-5-10(8(2)13)7-11(12)9(3)14/h5-7H,4H2,1-3H3/q+1. The van der Waals surface area contributed by atoms with Crippen molar-refractivity contribution >= 4 is 11.6 Å². The average molecular weight is 192 g/mol. The van der Waals surface area contributed by atoms with Crippen molar-refractivity contribution in [2.75, 3.05) is 0 Å². The van der Waals surface area contributed by atoms with Gasteiger partial charge in [-0.25, -0.2) is 0 Å². The first kappa shape index (κ1) is 10.6. The van der Waals surface area contributed by atoms with E-state index in [1.54, 1.807) is 18.3 Å². The van der Waals surface area contributed by atoms with Gasteiger partial charge >= 0.3 is 0 Å². The molecule has 0 aromatic carbocycles. The van der Waals surface area contributed by atoms with Gasteiger partial charge in [-0.2, -0.15) is 4.57 Å². The Morgan fingerprint density at radius 1 is 1.29 bits per heavy atom. The van der Waals surface area contributed by atoms with E-state index >= 15 is 0 Å². The summed E-state index contributed by atoms with van der Waals surface area (Å²) in [5, 5.41) is 0. The smallest absolute Gasteiger partial charge is 0.249 e. The Hall–Kier alpha value is -1.51. The van der Waals surface area contributed by atoms with Gasteiger partial charge in [-0.05, 0) is 13.8 Å². The fourth-order valence-electron chi connectivity index (χ4n) is 1.33. The highest BCUT2D eigenvalue weighted by atomic mass is 16.1. The lowest BCUT2D eigenvalue weighted by Gasteiger charge is -2.00. The lowest BCUT2D eigenvalue weighted by Crippen LogP contribution is -2.38. The molecule has 0 aliphatic rings. The van der Waals surface area contributed by atoms with Crippen molar-refractivity contribution in [2.45, 2.75) is 27.3 Å². The van der Waals surface area contributed by atoms with Crippen LogP contribution in [0.25, 0.3) is 0 Å². The van der Waals surface area contributed by atoms with E-state index in [4.69, 9.17) is 0 Å². The predicted octanol–water partition coefficient (Wildman–Crippen LogP) is 1.40. The predicted molar refractivity (Wildman–Crippen MR) is 52.3 cm³/mol. The molecule has 3 nitrogen and oxygen atoms in total. The number of pyridine rings is 1. The average Bonchev–Trinajstić information content (AvgIpc) is 2.16. The van der Waals surface area contributed by atoms with E-state index in [0.29, 0.717) is 11.3 Å². The molecule has 0 aliphatic heterocycles. The summed E-state index contributed by atoms with van der Waals surface area (Å²) in [6.45, 7) is 5.69. The van der Waals surface area contributed by atoms with Crippen LogP contribution in [0, 0.1) is 0 Å². The molecule has 1 aromatic heterocycles. The highest BCUT2D eigenvalue weighted by molar-refractivity contribution is 5.97. The van der Waals surface area contributed by atoms with Crippen LogP contribution in [0.15, 0.2) is 18.3 Å². The van der Waals surface area contributed by atoms with Gasteiger partial charge < -0.3 is 0 Å². The summed E-state index contributed by atoms with van der Waals surface area (Å²) in [7, 11) is 0. The minimum atomic E-state index is -0.0186. The SMILES string of the molecule is CC[n+]1ccc(C(C)=O)cc1C(C)=O. The number of ketones is 2. The Kier molecular flexibility index (Phi) is 3.12. The molecular weight excluding hydrogens is 178 g/mol. The van der Waals surface area contributed by atoms with Crippen LogP contribution >= 0.6 is 0 Å². The van der Waals surface area contributed by atoms with Gasteiger partial charge in [0, 0.05) is 24.6 Å². The number of rotatable bonds is 3. The number of hydrogen-bond donors (Lipinski definition) is 0. The van der Waals surface area contributed by atoms with Crippen molar-refractivity contribution < 1.29 is 14.2 Å². The highest BCUT2D eigenvalue weighted by Gasteiger charge is 2.15. The van der Waals surface area contributed by atoms with Crippen LogP contribution in [0.1, 0.15) is 41.6 Å². The fourth-order valence-corrected chi connectivity index (χ4v) is 1.33. The molecule has 3 heteroatoms. The van der Waals surface area contributed by atoms with E-state index in [-0.39, 0.29) is 11.6 Å². The van der Waals surface area contributed by atoms with Gasteiger partial charge in [0.1, 0.15) is 6.54 Å². The lowest BCUT2D eigenvalue weighted by atomic mass is 10.1. The van der Waals surface area contributed by atoms with Crippen LogP contribution < -0.4 is 4.57 Å². The van der Waals surface area contributed by atoms with Gasteiger partial charge in [0.2, 0.25) is 11.5 Å². The summed E-state index contributed by atoms with van der Waals surface area (Å²) in [5.74, 6) is -0.0364. The summed E-state index contributed by atoms with van der Waals surface area (Å²) < 4.78 is 1.83. The maximum absolute atomic E-state index is 11.3. The summed E-state index contributed by atoms with van der Waals surface area (Å²) in [4.78, 5) is 22.4. The maximum Gasteiger partial charge on any atom is 0.249 e. The number of nitrogens with zero attached hydrogens (tertiary/aromatic N) is 1. The fraction of sp³-hybridized carbons (Fsp3) is 0.364. The van der Waals surface area contributed by atoms with Crippen molar-refractivity contribution in [1.29, 1.82) is 0 Å². The summed E-state index contributed by atoms with van der Waals surface area (Å²) >= 11 is 0. The van der Waals surface area contributed by atoms with E-state index < -0.39 is 0 Å². The first-order chi connectivity index (χ1) is 6.56. The molecule has 0 saturated carbocycles. The zero-order chi connectivity index (χ0) is 10.7. The third-order valence-electron chi connectivity index (χ3n) is 2.14. The van der Waals surface area contributed by atoms with E-state index in [9.17, 15) is 9.59 Å². The number of carbonyl (C=O) groups excluding carboxylic acids is 2. The second-order valence-electron chi connectivity index (χ2n) is 3.20. The van der Waals surface area contributed by atoms with Crippen LogP contribution in [0.4, 0.5) is 0 Å². The zero-order valence-electron chi connectivity index (χ0n) is 8.70. The molecule has 1 aromatic rings. The van der Waals surface area contributed by atoms with Gasteiger partial charge in [0.15, 0.2) is 12.0 Å². The quantitative estimate of drug-likeness (QED) is 0.536. The van der Waals surface area contributed by atoms with Crippen LogP contribution in [-0.4, -0.2) is 11.6 Å². The summed E-state index contributed by atoms with van der Waals surface area (Å²) in [5.41, 5.74) is 1.17. The molecule has 14 heavy (non-hydrogen) atoms. The molecule has 74 valence electrons. The first-order valence-corrected chi connectivity index (χ1v) is 4.61. The van der Waals surface area contributed by atoms with Crippen molar-refractivity contribution in [1.82, 2.24) is 0 Å². The molecule has 0 aliphatic carbocycles. The Labute approximate surface area is 83.4 Å². The summed E-state index contributed by atoms with van der Waals surface area (Å²) in [6, 6.07) is 3.38. The van der Waals surface area contributed by atoms with Gasteiger partial charge in [0.05, 0.1) is 0 Å². The Bertz CT molecular complexity index is 383. The molecule has 0 unspecified atom stereocenters. The molecule has 0 amide bonds. The molecule has 0 fully saturated rings. The van der Waals surface area contributed by atoms with Crippen molar-refractivity contribution in [3.05, 3.63) is 29.6 Å². The normalized spacial score (nSPS) is 9.93. The van der Waals surface area contributed by atoms with Crippen LogP contribution in [0.3, 0.4) is 0 Å². The third kappa shape index (κ3) is 2.05. The summed E-state index contributed by atoms with van der Waals surface area (Å²) in [6.07, 6.45) is 1.77. The molecule has 0 saturated heterocycles. The largest absolute Gasteiger partial charge is 0.295 e. The van der Waals surface area contributed by atoms with E-state index in [1.165, 1.54) is 13.8 Å². The molecule has 0 radical (unpaired) electrons. The second-order valence-corrected chi connectivity index (χ2v) is 3.20. The van der Waals surface area contributed by atoms with Gasteiger partial charge in [0.25, 0.3) is 0 Å². The number of aromatic nitrogens is 1. The molecule has 1 rings (SSSR count). The van der Waals surface area contributed by atoms with E-state index in [2.05, 4.69) is 0 Å². The topological polar surface area (TPSA) is 38.0 Å². The minimum Gasteiger partial charge on any atom is -0.295 e. The Balaban J connectivity index is 3.27. The van der Waals surface area contributed by atoms with Gasteiger partial charge in [-0.15, -0.1) is 0 Å². The molecular formula is C11H14NO2+. The Morgan fingerprint density at radius 3 is 2.36 bits per heavy atom. The molecule has 0 N–H and O–H groups in total. The number of carbonyl (C=O) groups is 2. The lowest BCUT2D eigenvalue weighted by molar-refractivity contribution is -0.695. The number of aryl methyl sites for hydroxylation is 1. The van der Waals surface area contributed by atoms with E-state index in [1.807, 2.05) is 11.5 Å². The third-order valence-corrected chi connectivity index (χ3v) is 2.14. The van der Waals surface area contributed by atoms with Crippen LogP contribution in [0.2, 0.25) is 0 Å². The second kappa shape index (κ2) is 4.13. The van der Waals surface area contributed by atoms with Crippen LogP contribution in [0.5, 0.6) is 0 Å². The highest BCUT2D eigenvalue weighted by Crippen LogP contribution is 2.02. The first-order valence-electron chi connectivity index (χ1n) is 4.61. The number of hydrogen-bond acceptors (Lipinski definition) is 2. The molecule has 0 spiro atoms. The monoisotopic (exact) mass is 192 g/mol. The van der Waals surface area contributed by atoms with Crippen LogP contribution in [-0.2, 0) is 6.54 Å². The molecule has 0 bridgehead atoms. The van der Waals surface area contributed by atoms with Gasteiger partial charge in [-0.3, -0.25) is 9.59 Å². The maximum atomic E-state index is 11.3. The van der Waals surface area contributed by atoms with E-state index in [0.717, 1.165) is 6.54 Å². The van der Waals surface area contributed by atoms with Crippen molar-refractivity contribution in [3.63, 3.8) is 0 Å². The Morgan fingerprint density at radius 2 is 1.93 bits per heavy atom.